The highest BCUT2D eigenvalue weighted by Gasteiger charge is 2.26. The predicted molar refractivity (Wildman–Crippen MR) is 210 cm³/mol. The monoisotopic (exact) mass is 817 g/mol. The molecule has 1 amide bonds. The first-order chi connectivity index (χ1) is 25.1. The SMILES string of the molecule is CCn1c(=Cc2scc(C)[n+]2CCCS(=O)(=O)O)sc(=CC=C2Sc3ccc(-c4cc5cc(NC(C)=O)ccc5o4)cc3N2CCCS(=O)(=O)O)c1=O. The standard InChI is InChI=1S/C35H36N4O9S5/c1-4-37-34(20-33-38(22(2)21-49-33)13-5-15-52(42,43)44)51-31(35(37)41)11-12-32-39(14-6-16-53(45,46)47)27-18-24(7-10-30(27)50-32)29-19-25-17-26(36-23(3)40)8-9-28(25)48-29/h7-12,17-21H,4-6,13-16H2,1-3H3,(H2-,36,40,42,43,44,45,46,47)/p+1. The molecule has 0 bridgehead atoms. The molecule has 4 heterocycles. The fourth-order valence-corrected chi connectivity index (χ4v) is 10.1. The van der Waals surface area contributed by atoms with Crippen molar-refractivity contribution < 1.29 is 39.7 Å². The molecule has 53 heavy (non-hydrogen) atoms. The Morgan fingerprint density at radius 1 is 1.02 bits per heavy atom. The number of thiazole rings is 2. The zero-order valence-corrected chi connectivity index (χ0v) is 33.0. The van der Waals surface area contributed by atoms with Gasteiger partial charge in [0.2, 0.25) is 5.91 Å². The van der Waals surface area contributed by atoms with Crippen LogP contribution in [0.1, 0.15) is 37.4 Å². The fourth-order valence-electron chi connectivity index (χ4n) is 5.94. The largest absolute Gasteiger partial charge is 0.456 e. The Kier molecular flexibility index (Phi) is 11.5. The summed E-state index contributed by atoms with van der Waals surface area (Å²) in [4.78, 5) is 28.0. The summed E-state index contributed by atoms with van der Waals surface area (Å²) in [6, 6.07) is 13.1. The van der Waals surface area contributed by atoms with E-state index in [1.165, 1.54) is 41.4 Å². The van der Waals surface area contributed by atoms with Crippen LogP contribution in [0.15, 0.2) is 73.1 Å². The van der Waals surface area contributed by atoms with Crippen LogP contribution >= 0.6 is 34.4 Å². The van der Waals surface area contributed by atoms with Gasteiger partial charge in [0.05, 0.1) is 38.2 Å². The first-order valence-electron chi connectivity index (χ1n) is 16.5. The van der Waals surface area contributed by atoms with Gasteiger partial charge in [-0.2, -0.15) is 21.4 Å². The van der Waals surface area contributed by atoms with E-state index in [4.69, 9.17) is 8.97 Å². The van der Waals surface area contributed by atoms with Crippen LogP contribution in [0.5, 0.6) is 0 Å². The summed E-state index contributed by atoms with van der Waals surface area (Å²) < 4.78 is 75.3. The van der Waals surface area contributed by atoms with Crippen LogP contribution in [0.2, 0.25) is 0 Å². The third-order valence-corrected chi connectivity index (χ3v) is 13.2. The number of aryl methyl sites for hydroxylation is 1. The first kappa shape index (κ1) is 38.7. The molecule has 0 fully saturated rings. The van der Waals surface area contributed by atoms with Crippen LogP contribution in [0.25, 0.3) is 34.4 Å². The lowest BCUT2D eigenvalue weighted by atomic mass is 10.1. The molecule has 6 rings (SSSR count). The number of furan rings is 1. The van der Waals surface area contributed by atoms with E-state index in [1.54, 1.807) is 22.8 Å². The molecular weight excluding hydrogens is 781 g/mol. The highest BCUT2D eigenvalue weighted by atomic mass is 32.2. The number of nitrogens with one attached hydrogen (secondary N) is 1. The number of aromatic nitrogens is 2. The molecular formula is C35H37N4O9S5+. The van der Waals surface area contributed by atoms with Crippen LogP contribution in [0.3, 0.4) is 0 Å². The first-order valence-corrected chi connectivity index (χ1v) is 22.2. The Morgan fingerprint density at radius 2 is 1.77 bits per heavy atom. The van der Waals surface area contributed by atoms with Gasteiger partial charge >= 0.3 is 0 Å². The maximum absolute atomic E-state index is 13.6. The number of anilines is 2. The summed E-state index contributed by atoms with van der Waals surface area (Å²) in [5.74, 6) is -0.330. The van der Waals surface area contributed by atoms with Crippen molar-refractivity contribution in [1.82, 2.24) is 4.57 Å². The number of hydrogen-bond donors (Lipinski definition) is 3. The zero-order chi connectivity index (χ0) is 38.1. The van der Waals surface area contributed by atoms with Crippen LogP contribution in [0.4, 0.5) is 11.4 Å². The molecule has 0 unspecified atom stereocenters. The topological polar surface area (TPSA) is 180 Å². The van der Waals surface area contributed by atoms with Crippen LogP contribution in [-0.2, 0) is 38.1 Å². The molecule has 1 aliphatic heterocycles. The molecule has 3 N–H and O–H groups in total. The van der Waals surface area contributed by atoms with E-state index in [0.29, 0.717) is 34.7 Å². The van der Waals surface area contributed by atoms with Gasteiger partial charge in [0, 0.05) is 54.9 Å². The second-order valence-corrected chi connectivity index (χ2v) is 18.5. The van der Waals surface area contributed by atoms with Gasteiger partial charge in [-0.1, -0.05) is 23.1 Å². The summed E-state index contributed by atoms with van der Waals surface area (Å²) >= 11 is 4.27. The number of allylic oxidation sites excluding steroid dienone is 1. The molecule has 18 heteroatoms. The lowest BCUT2D eigenvalue weighted by Crippen LogP contribution is -2.39. The maximum Gasteiger partial charge on any atom is 0.269 e. The highest BCUT2D eigenvalue weighted by Crippen LogP contribution is 2.48. The minimum Gasteiger partial charge on any atom is -0.456 e. The van der Waals surface area contributed by atoms with Gasteiger partial charge in [0.25, 0.3) is 30.8 Å². The van der Waals surface area contributed by atoms with Gasteiger partial charge in [0.15, 0.2) is 12.2 Å². The van der Waals surface area contributed by atoms with Crippen LogP contribution in [0, 0.1) is 6.92 Å². The molecule has 0 radical (unpaired) electrons. The Bertz CT molecular complexity index is 2650. The van der Waals surface area contributed by atoms with Gasteiger partial charge in [-0.3, -0.25) is 23.3 Å². The average Bonchev–Trinajstić information content (AvgIpc) is 3.82. The molecule has 3 aromatic heterocycles. The number of carbonyl (C=O) groups excluding carboxylic acids is 1. The number of nitrogens with zero attached hydrogens (tertiary/aromatic N) is 3. The van der Waals surface area contributed by atoms with Crippen molar-refractivity contribution >= 4 is 95.1 Å². The van der Waals surface area contributed by atoms with Crippen LogP contribution < -0.4 is 29.5 Å². The van der Waals surface area contributed by atoms with Gasteiger partial charge in [-0.25, -0.2) is 0 Å². The molecule has 2 aromatic carbocycles. The number of carbonyl (C=O) groups is 1. The molecule has 0 saturated carbocycles. The molecule has 0 saturated heterocycles. The molecule has 1 aliphatic rings. The van der Waals surface area contributed by atoms with E-state index in [-0.39, 0.29) is 36.6 Å². The molecule has 5 aromatic rings. The third kappa shape index (κ3) is 9.37. The molecule has 13 nitrogen and oxygen atoms in total. The second-order valence-electron chi connectivity index (χ2n) is 12.3. The maximum atomic E-state index is 13.6. The minimum atomic E-state index is -4.18. The molecule has 0 aliphatic carbocycles. The Hall–Kier alpha value is -4.04. The van der Waals surface area contributed by atoms with Crippen molar-refractivity contribution in [2.75, 3.05) is 28.3 Å². The van der Waals surface area contributed by atoms with Gasteiger partial charge in [-0.05, 0) is 68.0 Å². The van der Waals surface area contributed by atoms with Crippen molar-refractivity contribution in [2.24, 2.45) is 0 Å². The van der Waals surface area contributed by atoms with E-state index < -0.39 is 26.0 Å². The second kappa shape index (κ2) is 15.7. The Morgan fingerprint density at radius 3 is 2.49 bits per heavy atom. The summed E-state index contributed by atoms with van der Waals surface area (Å²) in [5, 5.41) is 7.15. The van der Waals surface area contributed by atoms with E-state index >= 15 is 0 Å². The van der Waals surface area contributed by atoms with Crippen molar-refractivity contribution in [3.8, 4) is 11.3 Å². The van der Waals surface area contributed by atoms with Crippen molar-refractivity contribution in [2.45, 2.75) is 51.6 Å². The van der Waals surface area contributed by atoms with Gasteiger partial charge in [0.1, 0.15) is 16.0 Å². The lowest BCUT2D eigenvalue weighted by molar-refractivity contribution is -0.699. The van der Waals surface area contributed by atoms with Crippen LogP contribution in [-0.4, -0.2) is 54.5 Å². The quantitative estimate of drug-likeness (QED) is 0.112. The lowest BCUT2D eigenvalue weighted by Gasteiger charge is -2.20. The number of fused-ring (bicyclic) bond motifs is 2. The normalized spacial score (nSPS) is 14.9. The average molecular weight is 818 g/mol. The summed E-state index contributed by atoms with van der Waals surface area (Å²) in [7, 11) is -8.26. The van der Waals surface area contributed by atoms with E-state index in [2.05, 4.69) is 5.32 Å². The van der Waals surface area contributed by atoms with Crippen molar-refractivity contribution in [1.29, 1.82) is 0 Å². The van der Waals surface area contributed by atoms with Crippen molar-refractivity contribution in [3.63, 3.8) is 0 Å². The Balaban J connectivity index is 1.34. The van der Waals surface area contributed by atoms with Gasteiger partial charge < -0.3 is 14.6 Å². The van der Waals surface area contributed by atoms with Gasteiger partial charge in [-0.15, -0.1) is 11.3 Å². The van der Waals surface area contributed by atoms with E-state index in [1.807, 2.05) is 71.2 Å². The van der Waals surface area contributed by atoms with Crippen molar-refractivity contribution in [3.05, 3.63) is 89.2 Å². The zero-order valence-electron chi connectivity index (χ0n) is 28.9. The number of rotatable bonds is 13. The summed E-state index contributed by atoms with van der Waals surface area (Å²) in [6.07, 6.45) is 5.90. The minimum absolute atomic E-state index is 0.155. The number of benzene rings is 2. The smallest absolute Gasteiger partial charge is 0.269 e. The fraction of sp³-hybridized carbons (Fsp3) is 0.286. The van der Waals surface area contributed by atoms with E-state index in [9.17, 15) is 31.0 Å². The van der Waals surface area contributed by atoms with E-state index in [0.717, 1.165) is 41.9 Å². The Labute approximate surface area is 318 Å². The molecule has 0 spiro atoms. The number of hydrogen-bond acceptors (Lipinski definition) is 11. The highest BCUT2D eigenvalue weighted by molar-refractivity contribution is 8.03. The number of amides is 1. The summed E-state index contributed by atoms with van der Waals surface area (Å²) in [5.41, 5.74) is 3.67. The third-order valence-electron chi connectivity index (χ3n) is 8.34. The molecule has 280 valence electrons. The summed E-state index contributed by atoms with van der Waals surface area (Å²) in [6.45, 7) is 6.34. The number of thioether (sulfide) groups is 1. The predicted octanol–water partition coefficient (Wildman–Crippen LogP) is 4.58. The molecule has 0 atom stereocenters.